The Hall–Kier alpha value is -0.0400. The summed E-state index contributed by atoms with van der Waals surface area (Å²) < 4.78 is 0. The second kappa shape index (κ2) is 4.27. The van der Waals surface area contributed by atoms with Gasteiger partial charge < -0.3 is 0 Å². The Balaban J connectivity index is 2.44. The molecule has 0 unspecified atom stereocenters. The molecule has 0 atom stereocenters. The molecule has 0 aliphatic carbocycles. The molecule has 1 rings (SSSR count). The molecule has 0 aromatic rings. The maximum absolute atomic E-state index is 2.67. The fraction of sp³-hybridized carbons (Fsp3) is 1.00. The van der Waals surface area contributed by atoms with E-state index in [1.54, 1.807) is 0 Å². The summed E-state index contributed by atoms with van der Waals surface area (Å²) in [6, 6.07) is 0. The molecule has 1 saturated heterocycles. The van der Waals surface area contributed by atoms with E-state index in [4.69, 9.17) is 0 Å². The van der Waals surface area contributed by atoms with Crippen molar-refractivity contribution in [2.45, 2.75) is 58.4 Å². The number of likely N-dealkylation sites (tertiary alicyclic amines) is 1. The van der Waals surface area contributed by atoms with Gasteiger partial charge in [-0.3, -0.25) is 4.90 Å². The van der Waals surface area contributed by atoms with Crippen LogP contribution in [0.1, 0.15) is 52.9 Å². The van der Waals surface area contributed by atoms with Gasteiger partial charge in [-0.1, -0.05) is 26.7 Å². The van der Waals surface area contributed by atoms with Gasteiger partial charge in [0.05, 0.1) is 0 Å². The molecule has 0 aromatic heterocycles. The van der Waals surface area contributed by atoms with Crippen LogP contribution in [0.15, 0.2) is 0 Å². The minimum Gasteiger partial charge on any atom is -0.298 e. The lowest BCUT2D eigenvalue weighted by Gasteiger charge is -2.47. The Kier molecular flexibility index (Phi) is 3.57. The molecule has 0 bridgehead atoms. The number of hydrogen-bond acceptors (Lipinski definition) is 1. The van der Waals surface area contributed by atoms with Crippen LogP contribution >= 0.6 is 0 Å². The summed E-state index contributed by atoms with van der Waals surface area (Å²) in [5.41, 5.74) is 0.530. The molecule has 0 spiro atoms. The largest absolute Gasteiger partial charge is 0.298 e. The summed E-state index contributed by atoms with van der Waals surface area (Å²) in [6.45, 7) is 9.73. The van der Waals surface area contributed by atoms with Gasteiger partial charge in [0, 0.05) is 5.54 Å². The van der Waals surface area contributed by atoms with E-state index in [-0.39, 0.29) is 0 Å². The highest BCUT2D eigenvalue weighted by molar-refractivity contribution is 4.89. The molecule has 1 aliphatic heterocycles. The minimum atomic E-state index is 0.530. The lowest BCUT2D eigenvalue weighted by molar-refractivity contribution is 0.0278. The van der Waals surface area contributed by atoms with E-state index in [1.807, 2.05) is 0 Å². The third kappa shape index (κ3) is 2.01. The first kappa shape index (κ1) is 10.0. The van der Waals surface area contributed by atoms with Crippen molar-refractivity contribution in [3.8, 4) is 0 Å². The summed E-state index contributed by atoms with van der Waals surface area (Å²) >= 11 is 0. The van der Waals surface area contributed by atoms with Crippen molar-refractivity contribution >= 4 is 0 Å². The van der Waals surface area contributed by atoms with E-state index in [0.29, 0.717) is 5.54 Å². The Bertz CT molecular complexity index is 121. The zero-order valence-corrected chi connectivity index (χ0v) is 8.90. The maximum atomic E-state index is 2.67. The highest BCUT2D eigenvalue weighted by Crippen LogP contribution is 2.30. The van der Waals surface area contributed by atoms with Crippen LogP contribution in [-0.4, -0.2) is 23.5 Å². The average molecular weight is 169 g/mol. The topological polar surface area (TPSA) is 3.24 Å². The Morgan fingerprint density at radius 2 is 1.58 bits per heavy atom. The van der Waals surface area contributed by atoms with Crippen molar-refractivity contribution in [3.63, 3.8) is 0 Å². The smallest absolute Gasteiger partial charge is 0.0181 e. The first-order valence-electron chi connectivity index (χ1n) is 5.48. The van der Waals surface area contributed by atoms with Crippen molar-refractivity contribution in [2.24, 2.45) is 0 Å². The van der Waals surface area contributed by atoms with Gasteiger partial charge in [-0.15, -0.1) is 0 Å². The third-order valence-electron chi connectivity index (χ3n) is 3.20. The Labute approximate surface area is 77.1 Å². The molecule has 0 amide bonds. The monoisotopic (exact) mass is 169 g/mol. The van der Waals surface area contributed by atoms with Gasteiger partial charge in [0.2, 0.25) is 0 Å². The zero-order valence-electron chi connectivity index (χ0n) is 8.90. The molecule has 0 radical (unpaired) electrons. The van der Waals surface area contributed by atoms with Gasteiger partial charge in [0.15, 0.2) is 0 Å². The van der Waals surface area contributed by atoms with Gasteiger partial charge in [-0.05, 0) is 39.3 Å². The molecule has 1 fully saturated rings. The van der Waals surface area contributed by atoms with Crippen LogP contribution in [0.4, 0.5) is 0 Å². The molecule has 0 N–H and O–H groups in total. The van der Waals surface area contributed by atoms with Gasteiger partial charge in [0.25, 0.3) is 0 Å². The lowest BCUT2D eigenvalue weighted by atomic mass is 9.86. The van der Waals surface area contributed by atoms with Crippen molar-refractivity contribution in [1.82, 2.24) is 4.90 Å². The maximum Gasteiger partial charge on any atom is 0.0181 e. The molecular weight excluding hydrogens is 146 g/mol. The predicted octanol–water partition coefficient (Wildman–Crippen LogP) is 3.05. The number of nitrogens with zero attached hydrogens (tertiary/aromatic N) is 1. The second-order valence-electron chi connectivity index (χ2n) is 4.34. The highest BCUT2D eigenvalue weighted by atomic mass is 15.2. The molecule has 1 heteroatoms. The minimum absolute atomic E-state index is 0.530. The van der Waals surface area contributed by atoms with E-state index in [9.17, 15) is 0 Å². The predicted molar refractivity (Wildman–Crippen MR) is 54.4 cm³/mol. The Morgan fingerprint density at radius 3 is 1.83 bits per heavy atom. The molecule has 1 nitrogen and oxygen atoms in total. The highest BCUT2D eigenvalue weighted by Gasteiger charge is 2.33. The van der Waals surface area contributed by atoms with E-state index in [2.05, 4.69) is 25.7 Å². The van der Waals surface area contributed by atoms with Crippen molar-refractivity contribution in [2.75, 3.05) is 13.1 Å². The molecule has 0 saturated carbocycles. The van der Waals surface area contributed by atoms with Gasteiger partial charge in [0.1, 0.15) is 0 Å². The lowest BCUT2D eigenvalue weighted by Crippen LogP contribution is -2.53. The second-order valence-corrected chi connectivity index (χ2v) is 4.34. The van der Waals surface area contributed by atoms with Crippen LogP contribution in [0, 0.1) is 0 Å². The molecule has 1 heterocycles. The normalized spacial score (nSPS) is 19.2. The summed E-state index contributed by atoms with van der Waals surface area (Å²) in [5, 5.41) is 0. The summed E-state index contributed by atoms with van der Waals surface area (Å²) in [4.78, 5) is 2.67. The number of hydrogen-bond donors (Lipinski definition) is 0. The molecule has 1 aliphatic rings. The van der Waals surface area contributed by atoms with Crippen LogP contribution in [0.3, 0.4) is 0 Å². The fourth-order valence-electron chi connectivity index (χ4n) is 2.37. The van der Waals surface area contributed by atoms with Gasteiger partial charge in [-0.25, -0.2) is 0 Å². The molecule has 12 heavy (non-hydrogen) atoms. The van der Waals surface area contributed by atoms with Crippen molar-refractivity contribution < 1.29 is 0 Å². The van der Waals surface area contributed by atoms with Crippen LogP contribution in [0.2, 0.25) is 0 Å². The molecule has 0 aromatic carbocycles. The molecule has 72 valence electrons. The Morgan fingerprint density at radius 1 is 1.08 bits per heavy atom. The fourth-order valence-corrected chi connectivity index (χ4v) is 2.37. The first-order chi connectivity index (χ1) is 5.73. The van der Waals surface area contributed by atoms with Crippen LogP contribution in [0.5, 0.6) is 0 Å². The quantitative estimate of drug-likeness (QED) is 0.611. The van der Waals surface area contributed by atoms with E-state index < -0.39 is 0 Å². The van der Waals surface area contributed by atoms with E-state index in [0.717, 1.165) is 0 Å². The first-order valence-corrected chi connectivity index (χ1v) is 5.48. The van der Waals surface area contributed by atoms with Crippen molar-refractivity contribution in [3.05, 3.63) is 0 Å². The number of rotatable bonds is 5. The summed E-state index contributed by atoms with van der Waals surface area (Å²) in [5.74, 6) is 0. The van der Waals surface area contributed by atoms with E-state index >= 15 is 0 Å². The summed E-state index contributed by atoms with van der Waals surface area (Å²) in [7, 11) is 0. The van der Waals surface area contributed by atoms with Gasteiger partial charge >= 0.3 is 0 Å². The molecular formula is C11H23N. The average Bonchev–Trinajstić information content (AvgIpc) is 1.82. The van der Waals surface area contributed by atoms with E-state index in [1.165, 1.54) is 45.2 Å². The van der Waals surface area contributed by atoms with Crippen molar-refractivity contribution in [1.29, 1.82) is 0 Å². The van der Waals surface area contributed by atoms with Crippen LogP contribution in [0.25, 0.3) is 0 Å². The zero-order chi connectivity index (χ0) is 9.03. The SMILES string of the molecule is CCCC(C)(CCC)N1CCC1. The van der Waals surface area contributed by atoms with Crippen LogP contribution in [-0.2, 0) is 0 Å². The third-order valence-corrected chi connectivity index (χ3v) is 3.20. The standard InChI is InChI=1S/C11H23N/c1-4-7-11(3,8-5-2)12-9-6-10-12/h4-10H2,1-3H3. The van der Waals surface area contributed by atoms with Gasteiger partial charge in [-0.2, -0.15) is 0 Å². The van der Waals surface area contributed by atoms with Crippen LogP contribution < -0.4 is 0 Å². The summed E-state index contributed by atoms with van der Waals surface area (Å²) in [6.07, 6.45) is 6.82.